The smallest absolute Gasteiger partial charge is 0.293 e. The molecule has 2 amide bonds. The largest absolute Gasteiger partial charge is 0.318 e. The monoisotopic (exact) mass is 422 g/mol. The normalized spacial score (nSPS) is 15.6. The molecule has 2 heterocycles. The lowest BCUT2D eigenvalue weighted by Gasteiger charge is -2.12. The van der Waals surface area contributed by atoms with Crippen molar-refractivity contribution in [3.63, 3.8) is 0 Å². The van der Waals surface area contributed by atoms with Gasteiger partial charge in [0.15, 0.2) is 0 Å². The number of rotatable bonds is 4. The number of carbonyl (C=O) groups is 2. The Morgan fingerprint density at radius 1 is 1.00 bits per heavy atom. The van der Waals surface area contributed by atoms with Gasteiger partial charge in [0.25, 0.3) is 11.1 Å². The van der Waals surface area contributed by atoms with Crippen LogP contribution in [0.5, 0.6) is 0 Å². The number of nitrogens with zero attached hydrogens (tertiary/aromatic N) is 2. The van der Waals surface area contributed by atoms with Crippen LogP contribution in [0.25, 0.3) is 11.8 Å². The first-order valence-corrected chi connectivity index (χ1v) is 10.4. The lowest BCUT2D eigenvalue weighted by atomic mass is 10.2. The predicted molar refractivity (Wildman–Crippen MR) is 118 cm³/mol. The summed E-state index contributed by atoms with van der Waals surface area (Å²) < 4.78 is 2.11. The lowest BCUT2D eigenvalue weighted by Crippen LogP contribution is -2.27. The molecule has 29 heavy (non-hydrogen) atoms. The fourth-order valence-corrected chi connectivity index (χ4v) is 4.42. The van der Waals surface area contributed by atoms with Gasteiger partial charge in [-0.2, -0.15) is 0 Å². The zero-order chi connectivity index (χ0) is 20.5. The molecule has 0 radical (unpaired) electrons. The van der Waals surface area contributed by atoms with Crippen LogP contribution in [-0.4, -0.2) is 20.6 Å². The van der Waals surface area contributed by atoms with Gasteiger partial charge in [-0.25, -0.2) is 0 Å². The van der Waals surface area contributed by atoms with Crippen molar-refractivity contribution in [1.82, 2.24) is 9.47 Å². The molecular weight excluding hydrogens is 404 g/mol. The van der Waals surface area contributed by atoms with Crippen LogP contribution in [0.4, 0.5) is 4.79 Å². The molecule has 3 aromatic rings. The second kappa shape index (κ2) is 7.93. The molecule has 2 aromatic carbocycles. The van der Waals surface area contributed by atoms with Crippen molar-refractivity contribution < 1.29 is 9.59 Å². The van der Waals surface area contributed by atoms with E-state index < -0.39 is 0 Å². The van der Waals surface area contributed by atoms with E-state index in [4.69, 9.17) is 11.6 Å². The van der Waals surface area contributed by atoms with Gasteiger partial charge in [-0.15, -0.1) is 0 Å². The number of amides is 2. The van der Waals surface area contributed by atoms with Crippen LogP contribution in [0.1, 0.15) is 22.5 Å². The number of benzene rings is 2. The molecule has 0 atom stereocenters. The van der Waals surface area contributed by atoms with Crippen molar-refractivity contribution in [1.29, 1.82) is 0 Å². The Hall–Kier alpha value is -2.76. The summed E-state index contributed by atoms with van der Waals surface area (Å²) in [6.45, 7) is 4.30. The van der Waals surface area contributed by atoms with E-state index in [-0.39, 0.29) is 17.7 Å². The van der Waals surface area contributed by atoms with E-state index in [1.54, 1.807) is 0 Å². The predicted octanol–water partition coefficient (Wildman–Crippen LogP) is 5.98. The molecule has 0 aliphatic carbocycles. The highest BCUT2D eigenvalue weighted by Crippen LogP contribution is 2.34. The van der Waals surface area contributed by atoms with Gasteiger partial charge in [-0.1, -0.05) is 41.9 Å². The summed E-state index contributed by atoms with van der Waals surface area (Å²) in [6.07, 6.45) is 1.81. The summed E-state index contributed by atoms with van der Waals surface area (Å²) in [5.41, 5.74) is 4.89. The van der Waals surface area contributed by atoms with E-state index in [1.165, 1.54) is 4.90 Å². The Bertz CT molecular complexity index is 1120. The Morgan fingerprint density at radius 3 is 2.38 bits per heavy atom. The maximum atomic E-state index is 12.8. The number of carbonyl (C=O) groups excluding carboxylic acids is 2. The fourth-order valence-electron chi connectivity index (χ4n) is 3.46. The molecule has 1 saturated heterocycles. The first-order valence-electron chi connectivity index (χ1n) is 9.18. The number of hydrogen-bond acceptors (Lipinski definition) is 3. The zero-order valence-electron chi connectivity index (χ0n) is 16.1. The van der Waals surface area contributed by atoms with Crippen LogP contribution < -0.4 is 0 Å². The van der Waals surface area contributed by atoms with Gasteiger partial charge in [0.05, 0.1) is 11.4 Å². The summed E-state index contributed by atoms with van der Waals surface area (Å²) >= 11 is 6.99. The van der Waals surface area contributed by atoms with Gasteiger partial charge in [0, 0.05) is 22.1 Å². The Balaban J connectivity index is 1.63. The van der Waals surface area contributed by atoms with Crippen molar-refractivity contribution in [2.45, 2.75) is 20.4 Å². The van der Waals surface area contributed by atoms with Crippen molar-refractivity contribution in [2.24, 2.45) is 0 Å². The van der Waals surface area contributed by atoms with Crippen LogP contribution in [0.2, 0.25) is 5.02 Å². The second-order valence-electron chi connectivity index (χ2n) is 6.89. The van der Waals surface area contributed by atoms with E-state index in [0.29, 0.717) is 9.93 Å². The van der Waals surface area contributed by atoms with Crippen molar-refractivity contribution >= 4 is 40.6 Å². The quantitative estimate of drug-likeness (QED) is 0.485. The fraction of sp³-hybridized carbons (Fsp3) is 0.130. The molecular formula is C23H19ClN2O2S. The Morgan fingerprint density at radius 2 is 1.69 bits per heavy atom. The SMILES string of the molecule is Cc1cc(/C=C2\SC(=O)N(Cc3ccccc3)C2=O)c(C)n1-c1ccc(Cl)cc1. The minimum absolute atomic E-state index is 0.239. The van der Waals surface area contributed by atoms with E-state index >= 15 is 0 Å². The van der Waals surface area contributed by atoms with Crippen LogP contribution in [0.15, 0.2) is 65.6 Å². The highest BCUT2D eigenvalue weighted by molar-refractivity contribution is 8.18. The highest BCUT2D eigenvalue weighted by atomic mass is 35.5. The second-order valence-corrected chi connectivity index (χ2v) is 8.32. The average molecular weight is 423 g/mol. The molecule has 0 unspecified atom stereocenters. The molecule has 0 bridgehead atoms. The van der Waals surface area contributed by atoms with E-state index in [0.717, 1.165) is 40.0 Å². The van der Waals surface area contributed by atoms with Gasteiger partial charge in [-0.05, 0) is 73.1 Å². The van der Waals surface area contributed by atoms with Crippen LogP contribution in [-0.2, 0) is 11.3 Å². The van der Waals surface area contributed by atoms with Crippen LogP contribution in [0, 0.1) is 13.8 Å². The minimum Gasteiger partial charge on any atom is -0.318 e. The molecule has 4 nitrogen and oxygen atoms in total. The number of aromatic nitrogens is 1. The van der Waals surface area contributed by atoms with Gasteiger partial charge >= 0.3 is 0 Å². The van der Waals surface area contributed by atoms with Gasteiger partial charge in [0.2, 0.25) is 0 Å². The maximum absolute atomic E-state index is 12.8. The number of thioether (sulfide) groups is 1. The third-order valence-electron chi connectivity index (χ3n) is 4.90. The van der Waals surface area contributed by atoms with E-state index in [2.05, 4.69) is 4.57 Å². The number of hydrogen-bond donors (Lipinski definition) is 0. The molecule has 1 fully saturated rings. The first-order chi connectivity index (χ1) is 13.9. The lowest BCUT2D eigenvalue weighted by molar-refractivity contribution is -0.123. The molecule has 0 spiro atoms. The zero-order valence-corrected chi connectivity index (χ0v) is 17.6. The maximum Gasteiger partial charge on any atom is 0.293 e. The van der Waals surface area contributed by atoms with E-state index in [9.17, 15) is 9.59 Å². The molecule has 1 aliphatic rings. The van der Waals surface area contributed by atoms with Crippen molar-refractivity contribution in [2.75, 3.05) is 0 Å². The molecule has 1 aromatic heterocycles. The van der Waals surface area contributed by atoms with E-state index in [1.807, 2.05) is 80.6 Å². The summed E-state index contributed by atoms with van der Waals surface area (Å²) in [6, 6.07) is 19.2. The summed E-state index contributed by atoms with van der Waals surface area (Å²) in [5.74, 6) is -0.250. The van der Waals surface area contributed by atoms with Gasteiger partial charge < -0.3 is 4.57 Å². The number of aryl methyl sites for hydroxylation is 1. The standard InChI is InChI=1S/C23H19ClN2O2S/c1-15-12-18(16(2)26(15)20-10-8-19(24)9-11-20)13-21-22(27)25(23(28)29-21)14-17-6-4-3-5-7-17/h3-13H,14H2,1-2H3/b21-13-. The molecule has 4 rings (SSSR count). The summed E-state index contributed by atoms with van der Waals surface area (Å²) in [4.78, 5) is 27.0. The highest BCUT2D eigenvalue weighted by Gasteiger charge is 2.35. The number of halogens is 1. The van der Waals surface area contributed by atoms with Crippen LogP contribution in [0.3, 0.4) is 0 Å². The van der Waals surface area contributed by atoms with Crippen molar-refractivity contribution in [3.05, 3.63) is 93.1 Å². The van der Waals surface area contributed by atoms with Gasteiger partial charge in [-0.3, -0.25) is 14.5 Å². The average Bonchev–Trinajstić information content (AvgIpc) is 3.13. The Kier molecular flexibility index (Phi) is 5.35. The first kappa shape index (κ1) is 19.6. The number of imide groups is 1. The molecule has 0 saturated carbocycles. The molecule has 0 N–H and O–H groups in total. The minimum atomic E-state index is -0.250. The Labute approximate surface area is 178 Å². The summed E-state index contributed by atoms with van der Waals surface area (Å²) in [7, 11) is 0. The summed E-state index contributed by atoms with van der Waals surface area (Å²) in [5, 5.41) is 0.445. The molecule has 1 aliphatic heterocycles. The molecule has 6 heteroatoms. The topological polar surface area (TPSA) is 42.3 Å². The molecule has 146 valence electrons. The van der Waals surface area contributed by atoms with Gasteiger partial charge in [0.1, 0.15) is 0 Å². The third-order valence-corrected chi connectivity index (χ3v) is 6.06. The third kappa shape index (κ3) is 3.88. The van der Waals surface area contributed by atoms with Crippen molar-refractivity contribution in [3.8, 4) is 5.69 Å². The van der Waals surface area contributed by atoms with Crippen LogP contribution >= 0.6 is 23.4 Å².